The molecule has 0 saturated heterocycles. The van der Waals surface area contributed by atoms with Crippen molar-refractivity contribution in [2.45, 2.75) is 31.5 Å². The van der Waals surface area contributed by atoms with Crippen LogP contribution in [0.3, 0.4) is 0 Å². The Morgan fingerprint density at radius 1 is 1.23 bits per heavy atom. The number of benzene rings is 2. The zero-order chi connectivity index (χ0) is 24.7. The molecule has 0 fully saturated rings. The third-order valence-electron chi connectivity index (χ3n) is 5.90. The van der Waals surface area contributed by atoms with Crippen LogP contribution in [0.1, 0.15) is 30.0 Å². The van der Waals surface area contributed by atoms with E-state index < -0.39 is 18.8 Å². The second-order valence-electron chi connectivity index (χ2n) is 8.23. The number of alkyl halides is 3. The number of hydrogen-bond acceptors (Lipinski definition) is 6. The highest BCUT2D eigenvalue weighted by atomic mass is 19.4. The van der Waals surface area contributed by atoms with Gasteiger partial charge in [0.05, 0.1) is 12.0 Å². The van der Waals surface area contributed by atoms with Gasteiger partial charge < -0.3 is 18.9 Å². The number of nitriles is 1. The van der Waals surface area contributed by atoms with Gasteiger partial charge in [-0.05, 0) is 48.9 Å². The van der Waals surface area contributed by atoms with E-state index in [4.69, 9.17) is 14.4 Å². The van der Waals surface area contributed by atoms with Crippen molar-refractivity contribution in [2.24, 2.45) is 0 Å². The first-order chi connectivity index (χ1) is 16.7. The molecule has 11 heteroatoms. The highest BCUT2D eigenvalue weighted by Crippen LogP contribution is 2.37. The van der Waals surface area contributed by atoms with Crippen molar-refractivity contribution in [2.75, 3.05) is 6.61 Å². The molecule has 8 nitrogen and oxygen atoms in total. The van der Waals surface area contributed by atoms with Crippen LogP contribution in [0.2, 0.25) is 0 Å². The standard InChI is InChI=1S/C24H17F3N4O4/c25-24(26,27)12-34-20-4-2-15(8-17(20)11-28)23-29-22(30-35-23)14-1-3-18-16(7-14)9-19-13(10-21(32)33)5-6-31(18)19/h1-4,7-9,13H,5-6,10,12H2,(H,32,33)/t13-/m0/s1. The van der Waals surface area contributed by atoms with E-state index in [0.717, 1.165) is 29.6 Å². The topological polar surface area (TPSA) is 114 Å². The number of carboxylic acids is 1. The molecule has 0 saturated carbocycles. The number of hydrogen-bond donors (Lipinski definition) is 1. The van der Waals surface area contributed by atoms with E-state index >= 15 is 0 Å². The third kappa shape index (κ3) is 4.42. The summed E-state index contributed by atoms with van der Waals surface area (Å²) in [4.78, 5) is 15.5. The first kappa shape index (κ1) is 22.5. The molecule has 1 atom stereocenters. The number of aromatic nitrogens is 3. The van der Waals surface area contributed by atoms with Crippen LogP contribution in [-0.2, 0) is 11.3 Å². The lowest BCUT2D eigenvalue weighted by molar-refractivity contribution is -0.153. The number of aryl methyl sites for hydroxylation is 1. The number of halogens is 3. The van der Waals surface area contributed by atoms with Crippen molar-refractivity contribution in [3.8, 4) is 34.7 Å². The SMILES string of the molecule is N#Cc1cc(-c2nc(-c3ccc4c(c3)cc3n4CC[C@H]3CC(=O)O)no2)ccc1OCC(F)(F)F. The Bertz CT molecular complexity index is 1480. The molecule has 0 unspecified atom stereocenters. The minimum Gasteiger partial charge on any atom is -0.483 e. The summed E-state index contributed by atoms with van der Waals surface area (Å²) >= 11 is 0. The van der Waals surface area contributed by atoms with Crippen molar-refractivity contribution >= 4 is 16.9 Å². The molecule has 0 amide bonds. The van der Waals surface area contributed by atoms with Gasteiger partial charge >= 0.3 is 12.1 Å². The van der Waals surface area contributed by atoms with Gasteiger partial charge in [0, 0.05) is 40.2 Å². The van der Waals surface area contributed by atoms with Crippen molar-refractivity contribution in [1.82, 2.24) is 14.7 Å². The summed E-state index contributed by atoms with van der Waals surface area (Å²) in [5.41, 5.74) is 2.93. The molecule has 0 aliphatic carbocycles. The van der Waals surface area contributed by atoms with Crippen LogP contribution in [0.25, 0.3) is 33.7 Å². The highest BCUT2D eigenvalue weighted by Gasteiger charge is 2.29. The fourth-order valence-electron chi connectivity index (χ4n) is 4.36. The van der Waals surface area contributed by atoms with Gasteiger partial charge in [-0.3, -0.25) is 4.79 Å². The number of aliphatic carboxylic acids is 1. The largest absolute Gasteiger partial charge is 0.483 e. The lowest BCUT2D eigenvalue weighted by Crippen LogP contribution is -2.19. The molecule has 0 radical (unpaired) electrons. The molecule has 0 spiro atoms. The van der Waals surface area contributed by atoms with E-state index in [0.29, 0.717) is 17.0 Å². The third-order valence-corrected chi connectivity index (χ3v) is 5.90. The molecule has 2 aromatic carbocycles. The summed E-state index contributed by atoms with van der Waals surface area (Å²) in [6.07, 6.45) is -3.65. The molecule has 4 aromatic rings. The summed E-state index contributed by atoms with van der Waals surface area (Å²) in [5.74, 6) is -0.654. The van der Waals surface area contributed by atoms with Crippen molar-refractivity contribution in [1.29, 1.82) is 5.26 Å². The molecule has 178 valence electrons. The Morgan fingerprint density at radius 2 is 2.03 bits per heavy atom. The molecule has 0 bridgehead atoms. The van der Waals surface area contributed by atoms with E-state index in [2.05, 4.69) is 14.7 Å². The maximum Gasteiger partial charge on any atom is 0.422 e. The zero-order valence-electron chi connectivity index (χ0n) is 18.0. The molecular weight excluding hydrogens is 465 g/mol. The van der Waals surface area contributed by atoms with Crippen molar-refractivity contribution < 1.29 is 32.3 Å². The maximum absolute atomic E-state index is 12.4. The first-order valence-corrected chi connectivity index (χ1v) is 10.6. The summed E-state index contributed by atoms with van der Waals surface area (Å²) in [6, 6.07) is 13.5. The van der Waals surface area contributed by atoms with E-state index in [-0.39, 0.29) is 29.5 Å². The minimum absolute atomic E-state index is 0.0301. The normalized spacial score (nSPS) is 15.2. The maximum atomic E-state index is 12.4. The van der Waals surface area contributed by atoms with E-state index in [1.54, 1.807) is 0 Å². The summed E-state index contributed by atoms with van der Waals surface area (Å²) in [5, 5.41) is 23.4. The van der Waals surface area contributed by atoms with Gasteiger partial charge in [-0.15, -0.1) is 0 Å². The average molecular weight is 482 g/mol. The van der Waals surface area contributed by atoms with Gasteiger partial charge in [0.25, 0.3) is 5.89 Å². The summed E-state index contributed by atoms with van der Waals surface area (Å²) in [6.45, 7) is -0.749. The quantitative estimate of drug-likeness (QED) is 0.405. The average Bonchev–Trinajstić information content (AvgIpc) is 3.53. The molecule has 3 heterocycles. The van der Waals surface area contributed by atoms with Crippen LogP contribution >= 0.6 is 0 Å². The van der Waals surface area contributed by atoms with Crippen LogP contribution in [0.15, 0.2) is 47.0 Å². The van der Waals surface area contributed by atoms with Crippen LogP contribution in [-0.4, -0.2) is 38.6 Å². The number of carbonyl (C=O) groups is 1. The fourth-order valence-corrected chi connectivity index (χ4v) is 4.36. The Labute approximate surface area is 196 Å². The Balaban J connectivity index is 1.41. The highest BCUT2D eigenvalue weighted by molar-refractivity contribution is 5.86. The fraction of sp³-hybridized carbons (Fsp3) is 0.250. The second-order valence-corrected chi connectivity index (χ2v) is 8.23. The van der Waals surface area contributed by atoms with E-state index in [1.807, 2.05) is 30.3 Å². The zero-order valence-corrected chi connectivity index (χ0v) is 18.0. The van der Waals surface area contributed by atoms with Gasteiger partial charge in [0.1, 0.15) is 11.8 Å². The summed E-state index contributed by atoms with van der Waals surface area (Å²) < 4.78 is 49.5. The number of ether oxygens (including phenoxy) is 1. The Kier molecular flexibility index (Phi) is 5.43. The predicted octanol–water partition coefficient (Wildman–Crippen LogP) is 5.13. The number of rotatable bonds is 6. The van der Waals surface area contributed by atoms with Gasteiger partial charge in [-0.1, -0.05) is 5.16 Å². The number of carboxylic acid groups (broad SMARTS) is 1. The summed E-state index contributed by atoms with van der Waals surface area (Å²) in [7, 11) is 0. The molecule has 1 N–H and O–H groups in total. The lowest BCUT2D eigenvalue weighted by Gasteiger charge is -2.10. The predicted molar refractivity (Wildman–Crippen MR) is 117 cm³/mol. The van der Waals surface area contributed by atoms with Gasteiger partial charge in [0.2, 0.25) is 5.82 Å². The van der Waals surface area contributed by atoms with Gasteiger partial charge in [-0.25, -0.2) is 0 Å². The molecule has 2 aromatic heterocycles. The Morgan fingerprint density at radius 3 is 2.77 bits per heavy atom. The van der Waals surface area contributed by atoms with E-state index in [1.165, 1.54) is 18.2 Å². The van der Waals surface area contributed by atoms with Crippen molar-refractivity contribution in [3.63, 3.8) is 0 Å². The monoisotopic (exact) mass is 482 g/mol. The van der Waals surface area contributed by atoms with Crippen LogP contribution < -0.4 is 4.74 Å². The second kappa shape index (κ2) is 8.47. The van der Waals surface area contributed by atoms with Gasteiger partial charge in [-0.2, -0.15) is 23.4 Å². The molecule has 35 heavy (non-hydrogen) atoms. The van der Waals surface area contributed by atoms with Crippen LogP contribution in [0.4, 0.5) is 13.2 Å². The molecule has 5 rings (SSSR count). The van der Waals surface area contributed by atoms with Crippen LogP contribution in [0, 0.1) is 11.3 Å². The first-order valence-electron chi connectivity index (χ1n) is 10.6. The molecule has 1 aliphatic rings. The molecule has 1 aliphatic heterocycles. The number of nitrogens with zero attached hydrogens (tertiary/aromatic N) is 4. The van der Waals surface area contributed by atoms with Gasteiger partial charge in [0.15, 0.2) is 6.61 Å². The van der Waals surface area contributed by atoms with Crippen LogP contribution in [0.5, 0.6) is 5.75 Å². The number of fused-ring (bicyclic) bond motifs is 3. The minimum atomic E-state index is -4.52. The lowest BCUT2D eigenvalue weighted by atomic mass is 10.0. The van der Waals surface area contributed by atoms with E-state index in [9.17, 15) is 23.2 Å². The molecular formula is C24H17F3N4O4. The van der Waals surface area contributed by atoms with Crippen molar-refractivity contribution in [3.05, 3.63) is 53.7 Å². The smallest absolute Gasteiger partial charge is 0.422 e. The Hall–Kier alpha value is -4.33.